The quantitative estimate of drug-likeness (QED) is 0.836. The van der Waals surface area contributed by atoms with E-state index in [9.17, 15) is 18.0 Å². The molecule has 0 radical (unpaired) electrons. The molecule has 10 heteroatoms. The van der Waals surface area contributed by atoms with Crippen LogP contribution in [0.4, 0.5) is 24.0 Å². The molecule has 2 aromatic heterocycles. The lowest BCUT2D eigenvalue weighted by Gasteiger charge is -2.34. The second-order valence-electron chi connectivity index (χ2n) is 4.99. The summed E-state index contributed by atoms with van der Waals surface area (Å²) in [6, 6.07) is 2.29. The second kappa shape index (κ2) is 5.76. The SMILES string of the molecule is Cc1nsc(N2CCN(c3ccnc(C(F)(F)F)c3)C(=O)C2)n1. The molecule has 0 N–H and O–H groups in total. The molecule has 3 heterocycles. The van der Waals surface area contributed by atoms with Crippen LogP contribution in [-0.4, -0.2) is 39.9 Å². The Kier molecular flexibility index (Phi) is 3.92. The number of hydrogen-bond acceptors (Lipinski definition) is 6. The van der Waals surface area contributed by atoms with Gasteiger partial charge in [0.15, 0.2) is 0 Å². The van der Waals surface area contributed by atoms with E-state index in [1.54, 1.807) is 11.8 Å². The van der Waals surface area contributed by atoms with Crippen molar-refractivity contribution >= 4 is 28.3 Å². The number of amides is 1. The number of pyridine rings is 1. The molecular weight excluding hydrogens is 331 g/mol. The Labute approximate surface area is 133 Å². The molecule has 0 aromatic carbocycles. The zero-order valence-electron chi connectivity index (χ0n) is 12.0. The molecule has 3 rings (SSSR count). The minimum atomic E-state index is -4.54. The van der Waals surface area contributed by atoms with E-state index in [1.165, 1.54) is 22.5 Å². The van der Waals surface area contributed by atoms with Crippen molar-refractivity contribution in [2.75, 3.05) is 29.4 Å². The van der Waals surface area contributed by atoms with Crippen LogP contribution in [0.5, 0.6) is 0 Å². The Balaban J connectivity index is 1.77. The van der Waals surface area contributed by atoms with Crippen molar-refractivity contribution in [2.24, 2.45) is 0 Å². The number of hydrogen-bond donors (Lipinski definition) is 0. The maximum absolute atomic E-state index is 12.7. The molecular formula is C13H12F3N5OS. The predicted molar refractivity (Wildman–Crippen MR) is 78.5 cm³/mol. The number of rotatable bonds is 2. The Hall–Kier alpha value is -2.23. The van der Waals surface area contributed by atoms with Crippen molar-refractivity contribution in [1.82, 2.24) is 14.3 Å². The molecule has 6 nitrogen and oxygen atoms in total. The van der Waals surface area contributed by atoms with Gasteiger partial charge >= 0.3 is 6.18 Å². The van der Waals surface area contributed by atoms with Crippen LogP contribution in [-0.2, 0) is 11.0 Å². The first kappa shape index (κ1) is 15.7. The van der Waals surface area contributed by atoms with E-state index in [1.807, 2.05) is 0 Å². The standard InChI is InChI=1S/C13H12F3N5OS/c1-8-18-12(23-19-8)20-4-5-21(11(22)7-20)9-2-3-17-10(6-9)13(14,15)16/h2-3,6H,4-5,7H2,1H3. The number of piperazine rings is 1. The summed E-state index contributed by atoms with van der Waals surface area (Å²) in [6.45, 7) is 2.56. The fraction of sp³-hybridized carbons (Fsp3) is 0.385. The molecule has 0 saturated carbocycles. The molecule has 2 aromatic rings. The van der Waals surface area contributed by atoms with E-state index in [0.717, 1.165) is 12.3 Å². The number of aromatic nitrogens is 3. The highest BCUT2D eigenvalue weighted by Crippen LogP contribution is 2.30. The third-order valence-corrected chi connectivity index (χ3v) is 4.22. The number of anilines is 2. The highest BCUT2D eigenvalue weighted by Gasteiger charge is 2.34. The van der Waals surface area contributed by atoms with Gasteiger partial charge in [-0.3, -0.25) is 9.78 Å². The van der Waals surface area contributed by atoms with Crippen LogP contribution >= 0.6 is 11.5 Å². The van der Waals surface area contributed by atoms with Gasteiger partial charge in [0.25, 0.3) is 0 Å². The van der Waals surface area contributed by atoms with Crippen LogP contribution in [0, 0.1) is 6.92 Å². The number of nitrogens with zero attached hydrogens (tertiary/aromatic N) is 5. The van der Waals surface area contributed by atoms with Crippen LogP contribution in [0.25, 0.3) is 0 Å². The Morgan fingerprint density at radius 3 is 2.70 bits per heavy atom. The van der Waals surface area contributed by atoms with Crippen molar-refractivity contribution in [2.45, 2.75) is 13.1 Å². The van der Waals surface area contributed by atoms with Gasteiger partial charge < -0.3 is 9.80 Å². The van der Waals surface area contributed by atoms with E-state index in [-0.39, 0.29) is 24.7 Å². The summed E-state index contributed by atoms with van der Waals surface area (Å²) in [7, 11) is 0. The number of carbonyl (C=O) groups excluding carboxylic acids is 1. The molecule has 0 spiro atoms. The first-order valence-electron chi connectivity index (χ1n) is 6.73. The zero-order chi connectivity index (χ0) is 16.6. The minimum Gasteiger partial charge on any atom is -0.336 e. The Morgan fingerprint density at radius 2 is 2.09 bits per heavy atom. The molecule has 1 saturated heterocycles. The largest absolute Gasteiger partial charge is 0.433 e. The summed E-state index contributed by atoms with van der Waals surface area (Å²) in [4.78, 5) is 22.9. The van der Waals surface area contributed by atoms with Crippen molar-refractivity contribution < 1.29 is 18.0 Å². The van der Waals surface area contributed by atoms with Gasteiger partial charge in [-0.2, -0.15) is 17.5 Å². The van der Waals surface area contributed by atoms with Crippen LogP contribution < -0.4 is 9.80 Å². The molecule has 23 heavy (non-hydrogen) atoms. The molecule has 0 aliphatic carbocycles. The van der Waals surface area contributed by atoms with Crippen LogP contribution in [0.2, 0.25) is 0 Å². The summed E-state index contributed by atoms with van der Waals surface area (Å²) in [5.41, 5.74) is -0.810. The number of carbonyl (C=O) groups is 1. The average Bonchev–Trinajstić information content (AvgIpc) is 2.93. The van der Waals surface area contributed by atoms with Gasteiger partial charge in [-0.15, -0.1) is 0 Å². The van der Waals surface area contributed by atoms with Gasteiger partial charge in [0.05, 0.1) is 6.54 Å². The smallest absolute Gasteiger partial charge is 0.336 e. The highest BCUT2D eigenvalue weighted by molar-refractivity contribution is 7.09. The Morgan fingerprint density at radius 1 is 1.30 bits per heavy atom. The highest BCUT2D eigenvalue weighted by atomic mass is 32.1. The van der Waals surface area contributed by atoms with Crippen LogP contribution in [0.15, 0.2) is 18.3 Å². The first-order valence-corrected chi connectivity index (χ1v) is 7.51. The van der Waals surface area contributed by atoms with Gasteiger partial charge in [-0.05, 0) is 19.1 Å². The van der Waals surface area contributed by atoms with Crippen molar-refractivity contribution in [3.8, 4) is 0 Å². The van der Waals surface area contributed by atoms with Crippen molar-refractivity contribution in [1.29, 1.82) is 0 Å². The summed E-state index contributed by atoms with van der Waals surface area (Å²) in [5.74, 6) is 0.340. The number of halogens is 3. The van der Waals surface area contributed by atoms with Crippen LogP contribution in [0.3, 0.4) is 0 Å². The van der Waals surface area contributed by atoms with Gasteiger partial charge in [0, 0.05) is 36.5 Å². The second-order valence-corrected chi connectivity index (χ2v) is 5.72. The summed E-state index contributed by atoms with van der Waals surface area (Å²) < 4.78 is 42.3. The Bertz CT molecular complexity index is 732. The third-order valence-electron chi connectivity index (χ3n) is 3.35. The lowest BCUT2D eigenvalue weighted by Crippen LogP contribution is -2.50. The maximum Gasteiger partial charge on any atom is 0.433 e. The molecule has 1 fully saturated rings. The summed E-state index contributed by atoms with van der Waals surface area (Å²) >= 11 is 1.20. The molecule has 1 aliphatic rings. The lowest BCUT2D eigenvalue weighted by atomic mass is 10.2. The molecule has 0 unspecified atom stereocenters. The predicted octanol–water partition coefficient (Wildman–Crippen LogP) is 2.11. The molecule has 122 valence electrons. The molecule has 1 amide bonds. The van der Waals surface area contributed by atoms with E-state index in [2.05, 4.69) is 14.3 Å². The van der Waals surface area contributed by atoms with E-state index in [0.29, 0.717) is 17.5 Å². The number of alkyl halides is 3. The zero-order valence-corrected chi connectivity index (χ0v) is 12.9. The lowest BCUT2D eigenvalue weighted by molar-refractivity contribution is -0.141. The molecule has 0 atom stereocenters. The van der Waals surface area contributed by atoms with Gasteiger partial charge in [-0.25, -0.2) is 4.98 Å². The topological polar surface area (TPSA) is 62.2 Å². The van der Waals surface area contributed by atoms with Gasteiger partial charge in [-0.1, -0.05) is 0 Å². The summed E-state index contributed by atoms with van der Waals surface area (Å²) in [5, 5.41) is 0.640. The fourth-order valence-electron chi connectivity index (χ4n) is 2.27. The van der Waals surface area contributed by atoms with E-state index < -0.39 is 11.9 Å². The average molecular weight is 343 g/mol. The minimum absolute atomic E-state index is 0.0539. The number of aryl methyl sites for hydroxylation is 1. The van der Waals surface area contributed by atoms with Gasteiger partial charge in [0.1, 0.15) is 11.5 Å². The van der Waals surface area contributed by atoms with Crippen molar-refractivity contribution in [3.63, 3.8) is 0 Å². The third kappa shape index (κ3) is 3.26. The van der Waals surface area contributed by atoms with Gasteiger partial charge in [0.2, 0.25) is 11.0 Å². The fourth-order valence-corrected chi connectivity index (χ4v) is 2.97. The maximum atomic E-state index is 12.7. The van der Waals surface area contributed by atoms with Crippen molar-refractivity contribution in [3.05, 3.63) is 29.8 Å². The van der Waals surface area contributed by atoms with E-state index in [4.69, 9.17) is 0 Å². The normalized spacial score (nSPS) is 16.1. The monoisotopic (exact) mass is 343 g/mol. The summed E-state index contributed by atoms with van der Waals surface area (Å²) in [6.07, 6.45) is -3.48. The molecule has 0 bridgehead atoms. The van der Waals surface area contributed by atoms with Crippen LogP contribution in [0.1, 0.15) is 11.5 Å². The molecule has 1 aliphatic heterocycles. The first-order chi connectivity index (χ1) is 10.8. The van der Waals surface area contributed by atoms with E-state index >= 15 is 0 Å².